The molecule has 2 aromatic heterocycles. The lowest BCUT2D eigenvalue weighted by Gasteiger charge is -2.05. The van der Waals surface area contributed by atoms with Crippen molar-refractivity contribution in [2.75, 3.05) is 0 Å². The highest BCUT2D eigenvalue weighted by Crippen LogP contribution is 2.33. The van der Waals surface area contributed by atoms with Gasteiger partial charge < -0.3 is 5.11 Å². The predicted molar refractivity (Wildman–Crippen MR) is 60.5 cm³/mol. The summed E-state index contributed by atoms with van der Waals surface area (Å²) in [6.45, 7) is 0. The molecular weight excluding hydrogens is 224 g/mol. The Hall–Kier alpha value is -1.20. The van der Waals surface area contributed by atoms with E-state index in [2.05, 4.69) is 4.98 Å². The van der Waals surface area contributed by atoms with E-state index in [4.69, 9.17) is 0 Å². The number of rotatable bonds is 4. The third-order valence-corrected chi connectivity index (χ3v) is 3.67. The summed E-state index contributed by atoms with van der Waals surface area (Å²) in [6, 6.07) is 0. The summed E-state index contributed by atoms with van der Waals surface area (Å²) in [4.78, 5) is 16.9. The molecule has 0 radical (unpaired) electrons. The maximum absolute atomic E-state index is 11.7. The average molecular weight is 236 g/mol. The van der Waals surface area contributed by atoms with Gasteiger partial charge in [0.15, 0.2) is 10.7 Å². The number of carbonyl (C=O) groups is 1. The van der Waals surface area contributed by atoms with Gasteiger partial charge in [-0.05, 0) is 18.8 Å². The molecule has 1 aliphatic rings. The number of aromatic nitrogens is 2. The Morgan fingerprint density at radius 3 is 3.19 bits per heavy atom. The van der Waals surface area contributed by atoms with Gasteiger partial charge >= 0.3 is 0 Å². The van der Waals surface area contributed by atoms with Gasteiger partial charge in [-0.25, -0.2) is 4.98 Å². The molecule has 1 atom stereocenters. The molecule has 0 aliphatic heterocycles. The second-order valence-corrected chi connectivity index (χ2v) is 5.12. The Labute approximate surface area is 96.5 Å². The van der Waals surface area contributed by atoms with E-state index in [1.807, 2.05) is 22.2 Å². The Bertz CT molecular complexity index is 498. The molecule has 5 heteroatoms. The van der Waals surface area contributed by atoms with Crippen LogP contribution >= 0.6 is 11.3 Å². The van der Waals surface area contributed by atoms with Crippen LogP contribution in [0.1, 0.15) is 18.5 Å². The Balaban J connectivity index is 1.73. The van der Waals surface area contributed by atoms with Crippen molar-refractivity contribution in [3.63, 3.8) is 0 Å². The molecule has 1 fully saturated rings. The van der Waals surface area contributed by atoms with Crippen molar-refractivity contribution in [1.29, 1.82) is 0 Å². The largest absolute Gasteiger partial charge is 0.385 e. The van der Waals surface area contributed by atoms with Gasteiger partial charge in [-0.1, -0.05) is 0 Å². The highest BCUT2D eigenvalue weighted by molar-refractivity contribution is 7.15. The van der Waals surface area contributed by atoms with Crippen LogP contribution < -0.4 is 0 Å². The third-order valence-electron chi connectivity index (χ3n) is 2.90. The summed E-state index contributed by atoms with van der Waals surface area (Å²) >= 11 is 1.54. The van der Waals surface area contributed by atoms with E-state index in [-0.39, 0.29) is 18.1 Å². The first-order chi connectivity index (χ1) is 7.74. The van der Waals surface area contributed by atoms with E-state index in [1.165, 1.54) is 0 Å². The van der Waals surface area contributed by atoms with Gasteiger partial charge in [0.25, 0.3) is 0 Å². The van der Waals surface area contributed by atoms with Gasteiger partial charge in [0.2, 0.25) is 0 Å². The number of thiazole rings is 1. The van der Waals surface area contributed by atoms with Crippen LogP contribution in [0, 0.1) is 5.92 Å². The van der Waals surface area contributed by atoms with Crippen molar-refractivity contribution >= 4 is 22.1 Å². The molecule has 1 N–H and O–H groups in total. The van der Waals surface area contributed by atoms with Crippen LogP contribution in [0.5, 0.6) is 0 Å². The Kier molecular flexibility index (Phi) is 2.29. The fraction of sp³-hybridized carbons (Fsp3) is 0.455. The summed E-state index contributed by atoms with van der Waals surface area (Å²) < 4.78 is 1.90. The molecule has 1 saturated carbocycles. The van der Waals surface area contributed by atoms with E-state index in [0.29, 0.717) is 0 Å². The number of Topliss-reactive ketones (excluding diaryl/α,β-unsaturated/α-hetero) is 1. The minimum Gasteiger partial charge on any atom is -0.385 e. The summed E-state index contributed by atoms with van der Waals surface area (Å²) in [5.41, 5.74) is 0.747. The second kappa shape index (κ2) is 3.68. The molecule has 0 saturated heterocycles. The van der Waals surface area contributed by atoms with E-state index < -0.39 is 6.10 Å². The zero-order valence-electron chi connectivity index (χ0n) is 8.67. The lowest BCUT2D eigenvalue weighted by atomic mass is 10.1. The number of hydrogen-bond acceptors (Lipinski definition) is 4. The van der Waals surface area contributed by atoms with Crippen molar-refractivity contribution in [3.05, 3.63) is 23.5 Å². The third kappa shape index (κ3) is 1.76. The van der Waals surface area contributed by atoms with Crippen molar-refractivity contribution in [2.45, 2.75) is 25.4 Å². The van der Waals surface area contributed by atoms with E-state index in [9.17, 15) is 9.90 Å². The van der Waals surface area contributed by atoms with Crippen LogP contribution in [0.25, 0.3) is 4.96 Å². The van der Waals surface area contributed by atoms with Crippen LogP contribution in [0.4, 0.5) is 0 Å². The van der Waals surface area contributed by atoms with Crippen LogP contribution in [0.2, 0.25) is 0 Å². The number of imidazole rings is 1. The molecule has 1 unspecified atom stereocenters. The summed E-state index contributed by atoms with van der Waals surface area (Å²) in [5, 5.41) is 11.6. The highest BCUT2D eigenvalue weighted by atomic mass is 32.1. The minimum atomic E-state index is -0.778. The van der Waals surface area contributed by atoms with E-state index >= 15 is 0 Å². The number of nitrogens with zero attached hydrogens (tertiary/aromatic N) is 2. The molecule has 1 aliphatic carbocycles. The topological polar surface area (TPSA) is 54.6 Å². The number of aliphatic hydroxyl groups is 1. The van der Waals surface area contributed by atoms with Gasteiger partial charge in [0, 0.05) is 17.8 Å². The molecule has 3 rings (SSSR count). The molecule has 0 bridgehead atoms. The van der Waals surface area contributed by atoms with Crippen LogP contribution in [0.15, 0.2) is 17.8 Å². The first kappa shape index (κ1) is 9.99. The summed E-state index contributed by atoms with van der Waals surface area (Å²) in [5.74, 6) is 0.101. The zero-order chi connectivity index (χ0) is 11.1. The molecule has 0 aromatic carbocycles. The lowest BCUT2D eigenvalue weighted by molar-refractivity contribution is -0.127. The minimum absolute atomic E-state index is 0.103. The van der Waals surface area contributed by atoms with Crippen molar-refractivity contribution < 1.29 is 9.90 Å². The van der Waals surface area contributed by atoms with Crippen molar-refractivity contribution in [1.82, 2.24) is 9.38 Å². The fourth-order valence-electron chi connectivity index (χ4n) is 1.82. The number of carbonyl (C=O) groups excluding carboxylic acids is 1. The van der Waals surface area contributed by atoms with Crippen molar-refractivity contribution in [3.8, 4) is 0 Å². The highest BCUT2D eigenvalue weighted by Gasteiger charge is 2.34. The van der Waals surface area contributed by atoms with Crippen LogP contribution in [0.3, 0.4) is 0 Å². The molecule has 2 aromatic rings. The summed E-state index contributed by atoms with van der Waals surface area (Å²) in [6.07, 6.45) is 5.18. The maximum atomic E-state index is 11.7. The second-order valence-electron chi connectivity index (χ2n) is 4.25. The SMILES string of the molecule is O=C(Cc1cn2ccsc2n1)C(O)C1CC1. The molecule has 84 valence electrons. The van der Waals surface area contributed by atoms with Gasteiger partial charge in [-0.15, -0.1) is 11.3 Å². The molecule has 2 heterocycles. The molecule has 4 nitrogen and oxygen atoms in total. The number of fused-ring (bicyclic) bond motifs is 1. The van der Waals surface area contributed by atoms with Crippen molar-refractivity contribution in [2.24, 2.45) is 5.92 Å². The van der Waals surface area contributed by atoms with E-state index in [0.717, 1.165) is 23.5 Å². The van der Waals surface area contributed by atoms with Gasteiger partial charge in [0.05, 0.1) is 12.1 Å². The number of ketones is 1. The standard InChI is InChI=1S/C11H12N2O2S/c14-9(10(15)7-1-2-7)5-8-6-13-3-4-16-11(13)12-8/h3-4,6-7,10,15H,1-2,5H2. The molecule has 0 spiro atoms. The van der Waals surface area contributed by atoms with Crippen LogP contribution in [-0.4, -0.2) is 26.4 Å². The normalized spacial score (nSPS) is 17.8. The van der Waals surface area contributed by atoms with E-state index in [1.54, 1.807) is 11.3 Å². The predicted octanol–water partition coefficient (Wildman–Crippen LogP) is 1.28. The Morgan fingerprint density at radius 2 is 2.50 bits per heavy atom. The van der Waals surface area contributed by atoms with Crippen LogP contribution in [-0.2, 0) is 11.2 Å². The molecule has 16 heavy (non-hydrogen) atoms. The molecular formula is C11H12N2O2S. The first-order valence-electron chi connectivity index (χ1n) is 5.36. The maximum Gasteiger partial charge on any atom is 0.193 e. The smallest absolute Gasteiger partial charge is 0.193 e. The lowest BCUT2D eigenvalue weighted by Crippen LogP contribution is -2.24. The van der Waals surface area contributed by atoms with Gasteiger partial charge in [-0.3, -0.25) is 9.20 Å². The molecule has 0 amide bonds. The van der Waals surface area contributed by atoms with Gasteiger partial charge in [-0.2, -0.15) is 0 Å². The van der Waals surface area contributed by atoms with Gasteiger partial charge in [0.1, 0.15) is 6.10 Å². The zero-order valence-corrected chi connectivity index (χ0v) is 9.48. The fourth-order valence-corrected chi connectivity index (χ4v) is 2.54. The summed E-state index contributed by atoms with van der Waals surface area (Å²) in [7, 11) is 0. The number of aliphatic hydroxyl groups excluding tert-OH is 1. The quantitative estimate of drug-likeness (QED) is 0.870. The average Bonchev–Trinajstić information content (AvgIpc) is 2.90. The Morgan fingerprint density at radius 1 is 1.69 bits per heavy atom. The number of hydrogen-bond donors (Lipinski definition) is 1. The first-order valence-corrected chi connectivity index (χ1v) is 6.24. The monoisotopic (exact) mass is 236 g/mol.